The highest BCUT2D eigenvalue weighted by Crippen LogP contribution is 2.31. The van der Waals surface area contributed by atoms with Gasteiger partial charge in [0.2, 0.25) is 5.91 Å². The van der Waals surface area contributed by atoms with Crippen molar-refractivity contribution >= 4 is 28.2 Å². The molecule has 1 aromatic carbocycles. The number of amides is 1. The van der Waals surface area contributed by atoms with Gasteiger partial charge in [-0.3, -0.25) is 9.59 Å². The first-order valence-corrected chi connectivity index (χ1v) is 11.5. The second-order valence-corrected chi connectivity index (χ2v) is 8.70. The summed E-state index contributed by atoms with van der Waals surface area (Å²) in [6, 6.07) is 17.3. The highest BCUT2D eigenvalue weighted by molar-refractivity contribution is 5.95. The molecule has 8 heteroatoms. The lowest BCUT2D eigenvalue weighted by Gasteiger charge is -2.31. The second-order valence-electron chi connectivity index (χ2n) is 8.70. The predicted molar refractivity (Wildman–Crippen MR) is 134 cm³/mol. The Morgan fingerprint density at radius 2 is 1.91 bits per heavy atom. The third-order valence-corrected chi connectivity index (χ3v) is 6.51. The lowest BCUT2D eigenvalue weighted by molar-refractivity contribution is -0.129. The maximum atomic E-state index is 12.6. The summed E-state index contributed by atoms with van der Waals surface area (Å²) in [5, 5.41) is 13.6. The van der Waals surface area contributed by atoms with Gasteiger partial charge in [0, 0.05) is 43.7 Å². The van der Waals surface area contributed by atoms with Crippen LogP contribution in [0.5, 0.6) is 0 Å². The largest absolute Gasteiger partial charge is 0.343 e. The number of rotatable bonds is 4. The number of hydrogen-bond donors (Lipinski definition) is 2. The van der Waals surface area contributed by atoms with E-state index in [0.29, 0.717) is 28.5 Å². The van der Waals surface area contributed by atoms with Crippen LogP contribution in [0, 0.1) is 11.3 Å². The van der Waals surface area contributed by atoms with E-state index >= 15 is 0 Å². The van der Waals surface area contributed by atoms with E-state index in [9.17, 15) is 9.59 Å². The van der Waals surface area contributed by atoms with Gasteiger partial charge in [-0.2, -0.15) is 5.26 Å². The first-order chi connectivity index (χ1) is 17.0. The Bertz CT molecular complexity index is 1480. The lowest BCUT2D eigenvalue weighted by Crippen LogP contribution is -2.36. The topological polar surface area (TPSA) is 115 Å². The normalized spacial score (nSPS) is 14.0. The highest BCUT2D eigenvalue weighted by Gasteiger charge is 2.22. The maximum Gasteiger partial charge on any atom is 0.259 e. The molecular formula is C27H24N6O2. The van der Waals surface area contributed by atoms with Crippen LogP contribution in [0.1, 0.15) is 36.9 Å². The van der Waals surface area contributed by atoms with Gasteiger partial charge >= 0.3 is 0 Å². The second kappa shape index (κ2) is 9.39. The van der Waals surface area contributed by atoms with E-state index in [1.54, 1.807) is 31.5 Å². The van der Waals surface area contributed by atoms with Crippen molar-refractivity contribution < 1.29 is 4.79 Å². The van der Waals surface area contributed by atoms with Crippen molar-refractivity contribution in [1.82, 2.24) is 19.9 Å². The fraction of sp³-hybridized carbons (Fsp3) is 0.222. The molecule has 1 fully saturated rings. The third kappa shape index (κ3) is 4.62. The first-order valence-electron chi connectivity index (χ1n) is 11.5. The zero-order valence-electron chi connectivity index (χ0n) is 19.3. The lowest BCUT2D eigenvalue weighted by atomic mass is 9.89. The van der Waals surface area contributed by atoms with E-state index in [-0.39, 0.29) is 11.5 Å². The van der Waals surface area contributed by atoms with Crippen LogP contribution in [0.3, 0.4) is 0 Å². The van der Waals surface area contributed by atoms with Crippen LogP contribution in [0.15, 0.2) is 65.7 Å². The average molecular weight is 465 g/mol. The monoisotopic (exact) mass is 464 g/mol. The van der Waals surface area contributed by atoms with Gasteiger partial charge in [-0.1, -0.05) is 12.1 Å². The van der Waals surface area contributed by atoms with Crippen molar-refractivity contribution in [2.45, 2.75) is 25.7 Å². The standard InChI is InChI=1S/C27H24N6O2/c1-17(34)33-12-9-19(10-13-33)18-2-5-22(6-3-18)31-26-25-20(8-11-29-27(25)35)14-24(32-26)21-4-7-23(15-28)30-16-21/h2-8,11,14,16,19H,9-10,12-13H2,1H3,(H,29,35)(H,31,32). The fourth-order valence-electron chi connectivity index (χ4n) is 4.57. The fourth-order valence-corrected chi connectivity index (χ4v) is 4.57. The SMILES string of the molecule is CC(=O)N1CCC(c2ccc(Nc3nc(-c4ccc(C#N)nc4)cc4cc[nH]c(=O)c34)cc2)CC1. The van der Waals surface area contributed by atoms with Crippen LogP contribution in [0.25, 0.3) is 22.0 Å². The minimum atomic E-state index is -0.226. The summed E-state index contributed by atoms with van der Waals surface area (Å²) < 4.78 is 0. The summed E-state index contributed by atoms with van der Waals surface area (Å²) in [5.41, 5.74) is 3.57. The smallest absolute Gasteiger partial charge is 0.259 e. The number of likely N-dealkylation sites (tertiary alicyclic amines) is 1. The van der Waals surface area contributed by atoms with Crippen molar-refractivity contribution in [2.75, 3.05) is 18.4 Å². The number of pyridine rings is 3. The number of H-pyrrole nitrogens is 1. The van der Waals surface area contributed by atoms with Gasteiger partial charge in [-0.25, -0.2) is 9.97 Å². The Labute approximate surface area is 202 Å². The first kappa shape index (κ1) is 22.3. The summed E-state index contributed by atoms with van der Waals surface area (Å²) in [7, 11) is 0. The molecule has 4 heterocycles. The molecule has 174 valence electrons. The minimum absolute atomic E-state index is 0.136. The Kier molecular flexibility index (Phi) is 5.98. The van der Waals surface area contributed by atoms with Crippen LogP contribution in [0.4, 0.5) is 11.5 Å². The Hall–Kier alpha value is -4.51. The van der Waals surface area contributed by atoms with Crippen LogP contribution >= 0.6 is 0 Å². The van der Waals surface area contributed by atoms with Crippen LogP contribution in [-0.4, -0.2) is 38.8 Å². The molecule has 5 rings (SSSR count). The number of fused-ring (bicyclic) bond motifs is 1. The number of nitrogens with zero attached hydrogens (tertiary/aromatic N) is 4. The molecule has 0 spiro atoms. The van der Waals surface area contributed by atoms with Gasteiger partial charge < -0.3 is 15.2 Å². The van der Waals surface area contributed by atoms with Gasteiger partial charge in [0.15, 0.2) is 0 Å². The molecule has 0 aliphatic carbocycles. The number of benzene rings is 1. The summed E-state index contributed by atoms with van der Waals surface area (Å²) in [4.78, 5) is 37.7. The predicted octanol–water partition coefficient (Wildman–Crippen LogP) is 4.33. The van der Waals surface area contributed by atoms with Crippen LogP contribution < -0.4 is 10.9 Å². The average Bonchev–Trinajstić information content (AvgIpc) is 2.89. The summed E-state index contributed by atoms with van der Waals surface area (Å²) >= 11 is 0. The van der Waals surface area contributed by atoms with Gasteiger partial charge in [-0.05, 0) is 66.1 Å². The zero-order valence-corrected chi connectivity index (χ0v) is 19.3. The highest BCUT2D eigenvalue weighted by atomic mass is 16.2. The molecular weight excluding hydrogens is 440 g/mol. The van der Waals surface area contributed by atoms with Crippen molar-refractivity contribution in [3.63, 3.8) is 0 Å². The number of carbonyl (C=O) groups excluding carboxylic acids is 1. The molecule has 0 radical (unpaired) electrons. The van der Waals surface area contributed by atoms with E-state index in [2.05, 4.69) is 27.4 Å². The van der Waals surface area contributed by atoms with Crippen molar-refractivity contribution in [1.29, 1.82) is 5.26 Å². The van der Waals surface area contributed by atoms with E-state index in [4.69, 9.17) is 10.2 Å². The zero-order chi connectivity index (χ0) is 24.4. The van der Waals surface area contributed by atoms with Gasteiger partial charge in [0.1, 0.15) is 17.6 Å². The molecule has 1 amide bonds. The summed E-state index contributed by atoms with van der Waals surface area (Å²) in [5.74, 6) is 1.01. The number of nitriles is 1. The Balaban J connectivity index is 1.44. The molecule has 2 N–H and O–H groups in total. The van der Waals surface area contributed by atoms with E-state index in [1.165, 1.54) is 5.56 Å². The minimum Gasteiger partial charge on any atom is -0.343 e. The molecule has 1 aliphatic rings. The summed E-state index contributed by atoms with van der Waals surface area (Å²) in [6.07, 6.45) is 5.13. The molecule has 1 saturated heterocycles. The number of aromatic nitrogens is 3. The molecule has 0 saturated carbocycles. The molecule has 1 aliphatic heterocycles. The van der Waals surface area contributed by atoms with E-state index in [0.717, 1.165) is 42.6 Å². The van der Waals surface area contributed by atoms with Crippen molar-refractivity contribution in [2.24, 2.45) is 0 Å². The molecule has 4 aromatic rings. The summed E-state index contributed by atoms with van der Waals surface area (Å²) in [6.45, 7) is 3.20. The molecule has 35 heavy (non-hydrogen) atoms. The third-order valence-electron chi connectivity index (χ3n) is 6.51. The number of piperidine rings is 1. The molecule has 8 nitrogen and oxygen atoms in total. The number of nitrogens with one attached hydrogen (secondary N) is 2. The molecule has 0 atom stereocenters. The molecule has 0 bridgehead atoms. The van der Waals surface area contributed by atoms with Gasteiger partial charge in [-0.15, -0.1) is 0 Å². The van der Waals surface area contributed by atoms with Crippen LogP contribution in [-0.2, 0) is 4.79 Å². The molecule has 0 unspecified atom stereocenters. The van der Waals surface area contributed by atoms with Gasteiger partial charge in [0.05, 0.1) is 11.1 Å². The van der Waals surface area contributed by atoms with Crippen LogP contribution in [0.2, 0.25) is 0 Å². The van der Waals surface area contributed by atoms with E-state index in [1.807, 2.05) is 35.2 Å². The maximum absolute atomic E-state index is 12.6. The van der Waals surface area contributed by atoms with E-state index < -0.39 is 0 Å². The number of anilines is 2. The quantitative estimate of drug-likeness (QED) is 0.465. The van der Waals surface area contributed by atoms with Crippen molar-refractivity contribution in [3.8, 4) is 17.3 Å². The number of carbonyl (C=O) groups is 1. The Morgan fingerprint density at radius 3 is 2.57 bits per heavy atom. The van der Waals surface area contributed by atoms with Crippen molar-refractivity contribution in [3.05, 3.63) is 82.5 Å². The van der Waals surface area contributed by atoms with Gasteiger partial charge in [0.25, 0.3) is 5.56 Å². The number of hydrogen-bond acceptors (Lipinski definition) is 6. The Morgan fingerprint density at radius 1 is 1.14 bits per heavy atom. The molecule has 3 aromatic heterocycles. The number of aromatic amines is 1.